The Morgan fingerprint density at radius 2 is 1.91 bits per heavy atom. The number of morpholine rings is 1. The van der Waals surface area contributed by atoms with Gasteiger partial charge in [-0.05, 0) is 32.4 Å². The summed E-state index contributed by atoms with van der Waals surface area (Å²) in [6, 6.07) is 8.28. The van der Waals surface area contributed by atoms with E-state index in [1.54, 1.807) is 0 Å². The minimum Gasteiger partial charge on any atom is -0.493 e. The SMILES string of the molecule is CCCOc1ccccc1-c1nnc(N2C[C@@H](C)O[C@@H](C)C2)o1. The predicted molar refractivity (Wildman–Crippen MR) is 87.7 cm³/mol. The summed E-state index contributed by atoms with van der Waals surface area (Å²) in [5, 5.41) is 8.41. The fourth-order valence-electron chi connectivity index (χ4n) is 2.77. The van der Waals surface area contributed by atoms with Gasteiger partial charge in [0, 0.05) is 13.1 Å². The van der Waals surface area contributed by atoms with Crippen molar-refractivity contribution < 1.29 is 13.9 Å². The van der Waals surface area contributed by atoms with Crippen LogP contribution in [-0.4, -0.2) is 42.1 Å². The van der Waals surface area contributed by atoms with Gasteiger partial charge < -0.3 is 18.8 Å². The Bertz CT molecular complexity index is 634. The molecule has 0 N–H and O–H groups in total. The molecular formula is C17H23N3O3. The molecule has 3 rings (SSSR count). The lowest BCUT2D eigenvalue weighted by Gasteiger charge is -2.33. The zero-order chi connectivity index (χ0) is 16.2. The van der Waals surface area contributed by atoms with Crippen molar-refractivity contribution in [3.05, 3.63) is 24.3 Å². The van der Waals surface area contributed by atoms with Gasteiger partial charge in [-0.15, -0.1) is 5.10 Å². The summed E-state index contributed by atoms with van der Waals surface area (Å²) in [6.45, 7) is 8.34. The van der Waals surface area contributed by atoms with Crippen molar-refractivity contribution in [1.82, 2.24) is 10.2 Å². The number of benzene rings is 1. The van der Waals surface area contributed by atoms with Crippen LogP contribution in [0.5, 0.6) is 5.75 Å². The molecule has 1 aromatic carbocycles. The highest BCUT2D eigenvalue weighted by atomic mass is 16.5. The fourth-order valence-corrected chi connectivity index (χ4v) is 2.77. The van der Waals surface area contributed by atoms with E-state index in [1.165, 1.54) is 0 Å². The Morgan fingerprint density at radius 1 is 1.17 bits per heavy atom. The molecule has 1 aliphatic rings. The molecule has 0 saturated carbocycles. The number of aromatic nitrogens is 2. The fraction of sp³-hybridized carbons (Fsp3) is 0.529. The first-order valence-corrected chi connectivity index (χ1v) is 8.13. The zero-order valence-corrected chi connectivity index (χ0v) is 13.9. The first-order chi connectivity index (χ1) is 11.2. The highest BCUT2D eigenvalue weighted by Gasteiger charge is 2.26. The van der Waals surface area contributed by atoms with E-state index in [0.717, 1.165) is 30.8 Å². The smallest absolute Gasteiger partial charge is 0.318 e. The van der Waals surface area contributed by atoms with Gasteiger partial charge in [-0.1, -0.05) is 24.2 Å². The molecule has 0 amide bonds. The summed E-state index contributed by atoms with van der Waals surface area (Å²) >= 11 is 0. The van der Waals surface area contributed by atoms with Crippen molar-refractivity contribution in [3.8, 4) is 17.2 Å². The summed E-state index contributed by atoms with van der Waals surface area (Å²) in [7, 11) is 0. The number of hydrogen-bond donors (Lipinski definition) is 0. The van der Waals surface area contributed by atoms with E-state index < -0.39 is 0 Å². The molecule has 0 unspecified atom stereocenters. The van der Waals surface area contributed by atoms with Gasteiger partial charge >= 0.3 is 6.01 Å². The third-order valence-corrected chi connectivity index (χ3v) is 3.68. The molecule has 124 valence electrons. The molecule has 0 spiro atoms. The average Bonchev–Trinajstić information content (AvgIpc) is 3.02. The third kappa shape index (κ3) is 3.64. The molecule has 2 heterocycles. The molecule has 1 fully saturated rings. The Labute approximate surface area is 136 Å². The van der Waals surface area contributed by atoms with Crippen LogP contribution in [0.15, 0.2) is 28.7 Å². The second kappa shape index (κ2) is 7.00. The maximum atomic E-state index is 5.89. The van der Waals surface area contributed by atoms with Crippen molar-refractivity contribution >= 4 is 6.01 Å². The molecule has 0 radical (unpaired) electrons. The highest BCUT2D eigenvalue weighted by molar-refractivity contribution is 5.62. The van der Waals surface area contributed by atoms with Crippen molar-refractivity contribution in [1.29, 1.82) is 0 Å². The Balaban J connectivity index is 1.82. The molecule has 1 aromatic heterocycles. The monoisotopic (exact) mass is 317 g/mol. The topological polar surface area (TPSA) is 60.6 Å². The van der Waals surface area contributed by atoms with Crippen molar-refractivity contribution in [2.75, 3.05) is 24.6 Å². The van der Waals surface area contributed by atoms with Crippen LogP contribution in [0.1, 0.15) is 27.2 Å². The molecule has 1 saturated heterocycles. The normalized spacial score (nSPS) is 21.4. The molecule has 2 aromatic rings. The molecular weight excluding hydrogens is 294 g/mol. The van der Waals surface area contributed by atoms with E-state index in [2.05, 4.69) is 22.0 Å². The lowest BCUT2D eigenvalue weighted by atomic mass is 10.2. The van der Waals surface area contributed by atoms with Gasteiger partial charge in [0.2, 0.25) is 0 Å². The highest BCUT2D eigenvalue weighted by Crippen LogP contribution is 2.31. The lowest BCUT2D eigenvalue weighted by molar-refractivity contribution is -0.00668. The molecule has 0 aliphatic carbocycles. The minimum atomic E-state index is 0.147. The van der Waals surface area contributed by atoms with Crippen LogP contribution in [0.2, 0.25) is 0 Å². The van der Waals surface area contributed by atoms with E-state index >= 15 is 0 Å². The van der Waals surface area contributed by atoms with Crippen LogP contribution in [0, 0.1) is 0 Å². The molecule has 6 heteroatoms. The summed E-state index contributed by atoms with van der Waals surface area (Å²) < 4.78 is 17.4. The second-order valence-corrected chi connectivity index (χ2v) is 5.90. The number of anilines is 1. The Kier molecular flexibility index (Phi) is 4.81. The molecule has 0 bridgehead atoms. The average molecular weight is 317 g/mol. The molecule has 1 aliphatic heterocycles. The van der Waals surface area contributed by atoms with E-state index in [1.807, 2.05) is 38.1 Å². The largest absolute Gasteiger partial charge is 0.493 e. The van der Waals surface area contributed by atoms with Crippen molar-refractivity contribution in [2.24, 2.45) is 0 Å². The standard InChI is InChI=1S/C17H23N3O3/c1-4-9-21-15-8-6-5-7-14(15)16-18-19-17(23-16)20-10-12(2)22-13(3)11-20/h5-8,12-13H,4,9-11H2,1-3H3/t12-,13+. The maximum absolute atomic E-state index is 5.89. The van der Waals surface area contributed by atoms with Gasteiger partial charge in [0.05, 0.1) is 24.4 Å². The maximum Gasteiger partial charge on any atom is 0.318 e. The lowest BCUT2D eigenvalue weighted by Crippen LogP contribution is -2.45. The van der Waals surface area contributed by atoms with E-state index in [0.29, 0.717) is 18.5 Å². The quantitative estimate of drug-likeness (QED) is 0.844. The zero-order valence-electron chi connectivity index (χ0n) is 13.9. The number of nitrogens with zero attached hydrogens (tertiary/aromatic N) is 3. The molecule has 6 nitrogen and oxygen atoms in total. The molecule has 2 atom stereocenters. The first-order valence-electron chi connectivity index (χ1n) is 8.13. The summed E-state index contributed by atoms with van der Waals surface area (Å²) in [4.78, 5) is 2.07. The second-order valence-electron chi connectivity index (χ2n) is 5.90. The number of ether oxygens (including phenoxy) is 2. The van der Waals surface area contributed by atoms with E-state index in [-0.39, 0.29) is 12.2 Å². The molecule has 23 heavy (non-hydrogen) atoms. The van der Waals surface area contributed by atoms with Crippen LogP contribution in [0.4, 0.5) is 6.01 Å². The summed E-state index contributed by atoms with van der Waals surface area (Å²) in [5.74, 6) is 1.26. The van der Waals surface area contributed by atoms with Gasteiger partial charge in [0.1, 0.15) is 5.75 Å². The van der Waals surface area contributed by atoms with Crippen molar-refractivity contribution in [3.63, 3.8) is 0 Å². The summed E-state index contributed by atoms with van der Waals surface area (Å²) in [6.07, 6.45) is 1.25. The van der Waals surface area contributed by atoms with Crippen LogP contribution in [-0.2, 0) is 4.74 Å². The third-order valence-electron chi connectivity index (χ3n) is 3.68. The van der Waals surface area contributed by atoms with Crippen LogP contribution in [0.25, 0.3) is 11.5 Å². The first kappa shape index (κ1) is 15.8. The van der Waals surface area contributed by atoms with Crippen molar-refractivity contribution in [2.45, 2.75) is 39.4 Å². The number of rotatable bonds is 5. The van der Waals surface area contributed by atoms with E-state index in [4.69, 9.17) is 13.9 Å². The Morgan fingerprint density at radius 3 is 2.65 bits per heavy atom. The van der Waals surface area contributed by atoms with Crippen LogP contribution >= 0.6 is 0 Å². The van der Waals surface area contributed by atoms with Gasteiger partial charge in [-0.25, -0.2) is 0 Å². The van der Waals surface area contributed by atoms with Crippen LogP contribution < -0.4 is 9.64 Å². The minimum absolute atomic E-state index is 0.147. The van der Waals surface area contributed by atoms with E-state index in [9.17, 15) is 0 Å². The van der Waals surface area contributed by atoms with Gasteiger partial charge in [0.15, 0.2) is 0 Å². The van der Waals surface area contributed by atoms with Gasteiger partial charge in [0.25, 0.3) is 5.89 Å². The number of hydrogen-bond acceptors (Lipinski definition) is 6. The summed E-state index contributed by atoms with van der Waals surface area (Å²) in [5.41, 5.74) is 0.828. The number of para-hydroxylation sites is 1. The van der Waals surface area contributed by atoms with Gasteiger partial charge in [-0.3, -0.25) is 0 Å². The Hall–Kier alpha value is -2.08. The predicted octanol–water partition coefficient (Wildman–Crippen LogP) is 3.14. The van der Waals surface area contributed by atoms with Gasteiger partial charge in [-0.2, -0.15) is 0 Å². The van der Waals surface area contributed by atoms with Crippen LogP contribution in [0.3, 0.4) is 0 Å².